The van der Waals surface area contributed by atoms with E-state index in [0.717, 1.165) is 21.5 Å². The normalized spacial score (nSPS) is 11.4. The molecule has 0 radical (unpaired) electrons. The minimum atomic E-state index is -0.105. The molecule has 0 aliphatic rings. The van der Waals surface area contributed by atoms with E-state index in [2.05, 4.69) is 42.1 Å². The molecular formula is C23H25N5OS. The molecule has 30 heavy (non-hydrogen) atoms. The molecule has 6 nitrogen and oxygen atoms in total. The summed E-state index contributed by atoms with van der Waals surface area (Å²) in [7, 11) is 0. The van der Waals surface area contributed by atoms with Crippen molar-refractivity contribution in [2.24, 2.45) is 0 Å². The Bertz CT molecular complexity index is 1180. The van der Waals surface area contributed by atoms with Gasteiger partial charge in [0.15, 0.2) is 5.13 Å². The number of para-hydroxylation sites is 1. The van der Waals surface area contributed by atoms with Crippen LogP contribution in [0.2, 0.25) is 0 Å². The maximum atomic E-state index is 13.6. The van der Waals surface area contributed by atoms with Crippen LogP contribution in [0.4, 0.5) is 5.13 Å². The van der Waals surface area contributed by atoms with E-state index >= 15 is 0 Å². The lowest BCUT2D eigenvalue weighted by Gasteiger charge is -2.20. The first kappa shape index (κ1) is 20.2. The summed E-state index contributed by atoms with van der Waals surface area (Å²) in [4.78, 5) is 24.5. The zero-order valence-corrected chi connectivity index (χ0v) is 18.5. The highest BCUT2D eigenvalue weighted by Gasteiger charge is 2.25. The van der Waals surface area contributed by atoms with Crippen LogP contribution in [0.25, 0.3) is 10.2 Å². The van der Waals surface area contributed by atoms with Gasteiger partial charge in [0.05, 0.1) is 22.5 Å². The summed E-state index contributed by atoms with van der Waals surface area (Å²) in [5, 5.41) is 5.14. The van der Waals surface area contributed by atoms with Crippen LogP contribution in [0.15, 0.2) is 48.8 Å². The molecule has 0 atom stereocenters. The Morgan fingerprint density at radius 1 is 1.23 bits per heavy atom. The van der Waals surface area contributed by atoms with Crippen molar-refractivity contribution in [2.45, 2.75) is 46.7 Å². The molecule has 0 saturated heterocycles. The predicted octanol–water partition coefficient (Wildman–Crippen LogP) is 5.19. The minimum absolute atomic E-state index is 0.105. The molecule has 7 heteroatoms. The average molecular weight is 420 g/mol. The van der Waals surface area contributed by atoms with Gasteiger partial charge in [-0.3, -0.25) is 19.4 Å². The largest absolute Gasteiger partial charge is 0.278 e. The van der Waals surface area contributed by atoms with E-state index < -0.39 is 0 Å². The van der Waals surface area contributed by atoms with Crippen LogP contribution < -0.4 is 4.90 Å². The lowest BCUT2D eigenvalue weighted by molar-refractivity contribution is 0.0975. The Kier molecular flexibility index (Phi) is 5.63. The van der Waals surface area contributed by atoms with Crippen molar-refractivity contribution in [1.29, 1.82) is 0 Å². The summed E-state index contributed by atoms with van der Waals surface area (Å²) in [6.45, 7) is 9.25. The van der Waals surface area contributed by atoms with E-state index in [4.69, 9.17) is 4.98 Å². The Labute approximate surface area is 180 Å². The van der Waals surface area contributed by atoms with Gasteiger partial charge in [-0.05, 0) is 49.1 Å². The second kappa shape index (κ2) is 8.36. The van der Waals surface area contributed by atoms with Gasteiger partial charge < -0.3 is 0 Å². The summed E-state index contributed by atoms with van der Waals surface area (Å²) in [6, 6.07) is 11.9. The fraction of sp³-hybridized carbons (Fsp3) is 0.304. The van der Waals surface area contributed by atoms with Crippen LogP contribution in [0.3, 0.4) is 0 Å². The Balaban J connectivity index is 1.82. The first-order valence-corrected chi connectivity index (χ1v) is 10.9. The third-order valence-corrected chi connectivity index (χ3v) is 6.06. The fourth-order valence-electron chi connectivity index (χ4n) is 3.54. The van der Waals surface area contributed by atoms with Crippen molar-refractivity contribution < 1.29 is 4.79 Å². The van der Waals surface area contributed by atoms with Crippen LogP contribution in [-0.2, 0) is 13.1 Å². The van der Waals surface area contributed by atoms with E-state index in [0.29, 0.717) is 29.8 Å². The van der Waals surface area contributed by atoms with Crippen LogP contribution in [-0.4, -0.2) is 25.7 Å². The van der Waals surface area contributed by atoms with Gasteiger partial charge in [0.2, 0.25) is 0 Å². The molecule has 0 spiro atoms. The molecule has 1 aromatic carbocycles. The number of hydrogen-bond acceptors (Lipinski definition) is 5. The van der Waals surface area contributed by atoms with E-state index in [1.165, 1.54) is 5.56 Å². The van der Waals surface area contributed by atoms with Crippen LogP contribution in [0.1, 0.15) is 54.0 Å². The Hall–Kier alpha value is -3.06. The standard InChI is InChI=1S/C23H25N5OS/c1-5-28-19(12-16(4)26-28)22(29)27(14-17-8-7-11-24-13-17)23-25-21-18(15(2)3)9-6-10-20(21)30-23/h6-13,15H,5,14H2,1-4H3. The molecule has 154 valence electrons. The number of carbonyl (C=O) groups excluding carboxylic acids is 1. The number of pyridine rings is 1. The van der Waals surface area contributed by atoms with E-state index in [9.17, 15) is 4.79 Å². The summed E-state index contributed by atoms with van der Waals surface area (Å²) < 4.78 is 2.83. The molecule has 0 N–H and O–H groups in total. The van der Waals surface area contributed by atoms with Crippen molar-refractivity contribution in [3.63, 3.8) is 0 Å². The van der Waals surface area contributed by atoms with Gasteiger partial charge in [-0.1, -0.05) is 43.4 Å². The number of fused-ring (bicyclic) bond motifs is 1. The SMILES string of the molecule is CCn1nc(C)cc1C(=O)N(Cc1cccnc1)c1nc2c(C(C)C)cccc2s1. The zero-order valence-electron chi connectivity index (χ0n) is 17.7. The lowest BCUT2D eigenvalue weighted by atomic mass is 10.0. The van der Waals surface area contributed by atoms with Crippen molar-refractivity contribution in [3.05, 3.63) is 71.3 Å². The van der Waals surface area contributed by atoms with Crippen LogP contribution in [0, 0.1) is 6.92 Å². The monoisotopic (exact) mass is 419 g/mol. The highest BCUT2D eigenvalue weighted by atomic mass is 32.1. The highest BCUT2D eigenvalue weighted by molar-refractivity contribution is 7.22. The molecule has 3 heterocycles. The maximum Gasteiger partial charge on any atom is 0.278 e. The van der Waals surface area contributed by atoms with Crippen molar-refractivity contribution in [1.82, 2.24) is 19.7 Å². The van der Waals surface area contributed by atoms with E-state index in [1.807, 2.05) is 32.0 Å². The number of carbonyl (C=O) groups is 1. The number of nitrogens with zero attached hydrogens (tertiary/aromatic N) is 5. The Morgan fingerprint density at radius 2 is 2.07 bits per heavy atom. The molecule has 0 aliphatic heterocycles. The molecule has 4 aromatic rings. The molecule has 3 aromatic heterocycles. The molecule has 0 unspecified atom stereocenters. The summed E-state index contributed by atoms with van der Waals surface area (Å²) >= 11 is 1.54. The first-order chi connectivity index (χ1) is 14.5. The molecule has 0 aliphatic carbocycles. The number of aryl methyl sites for hydroxylation is 2. The predicted molar refractivity (Wildman–Crippen MR) is 121 cm³/mol. The molecule has 1 amide bonds. The van der Waals surface area contributed by atoms with Crippen molar-refractivity contribution in [2.75, 3.05) is 4.90 Å². The quantitative estimate of drug-likeness (QED) is 0.432. The summed E-state index contributed by atoms with van der Waals surface area (Å²) in [5.74, 6) is 0.252. The second-order valence-corrected chi connectivity index (χ2v) is 8.59. The molecule has 0 fully saturated rings. The molecule has 0 bridgehead atoms. The van der Waals surface area contributed by atoms with Gasteiger partial charge >= 0.3 is 0 Å². The van der Waals surface area contributed by atoms with Gasteiger partial charge in [-0.15, -0.1) is 0 Å². The number of aromatic nitrogens is 4. The number of thiazole rings is 1. The summed E-state index contributed by atoms with van der Waals surface area (Å²) in [5.41, 5.74) is 4.51. The summed E-state index contributed by atoms with van der Waals surface area (Å²) in [6.07, 6.45) is 3.52. The zero-order chi connectivity index (χ0) is 21.3. The van der Waals surface area contributed by atoms with Crippen molar-refractivity contribution >= 4 is 32.6 Å². The van der Waals surface area contributed by atoms with Gasteiger partial charge in [-0.25, -0.2) is 4.98 Å². The van der Waals surface area contributed by atoms with Gasteiger partial charge in [0, 0.05) is 18.9 Å². The number of rotatable bonds is 6. The third kappa shape index (κ3) is 3.85. The Morgan fingerprint density at radius 3 is 2.77 bits per heavy atom. The first-order valence-electron chi connectivity index (χ1n) is 10.1. The van der Waals surface area contributed by atoms with Crippen LogP contribution >= 0.6 is 11.3 Å². The van der Waals surface area contributed by atoms with Crippen molar-refractivity contribution in [3.8, 4) is 0 Å². The minimum Gasteiger partial charge on any atom is -0.278 e. The van der Waals surface area contributed by atoms with Gasteiger partial charge in [-0.2, -0.15) is 5.10 Å². The van der Waals surface area contributed by atoms with Crippen LogP contribution in [0.5, 0.6) is 0 Å². The number of anilines is 1. The number of benzene rings is 1. The second-order valence-electron chi connectivity index (χ2n) is 7.58. The lowest BCUT2D eigenvalue weighted by Crippen LogP contribution is -2.32. The fourth-order valence-corrected chi connectivity index (χ4v) is 4.54. The molecular weight excluding hydrogens is 394 g/mol. The maximum absolute atomic E-state index is 13.6. The molecule has 4 rings (SSSR count). The van der Waals surface area contributed by atoms with Gasteiger partial charge in [0.25, 0.3) is 5.91 Å². The third-order valence-electron chi connectivity index (χ3n) is 5.02. The number of amides is 1. The topological polar surface area (TPSA) is 63.9 Å². The smallest absolute Gasteiger partial charge is 0.278 e. The van der Waals surface area contributed by atoms with Gasteiger partial charge in [0.1, 0.15) is 5.69 Å². The molecule has 0 saturated carbocycles. The van der Waals surface area contributed by atoms with E-state index in [-0.39, 0.29) is 5.91 Å². The highest BCUT2D eigenvalue weighted by Crippen LogP contribution is 2.34. The number of hydrogen-bond donors (Lipinski definition) is 0. The average Bonchev–Trinajstić information content (AvgIpc) is 3.35. The van der Waals surface area contributed by atoms with E-state index in [1.54, 1.807) is 33.3 Å².